The van der Waals surface area contributed by atoms with Crippen molar-refractivity contribution in [3.63, 3.8) is 0 Å². The molecule has 4 aliphatic heterocycles. The van der Waals surface area contributed by atoms with Crippen molar-refractivity contribution in [2.45, 2.75) is 31.8 Å². The molecule has 4 heterocycles. The number of nitrogens with one attached hydrogen (secondary N) is 2. The first kappa shape index (κ1) is 21.2. The third kappa shape index (κ3) is 3.96. The van der Waals surface area contributed by atoms with Gasteiger partial charge in [-0.15, -0.1) is 0 Å². The summed E-state index contributed by atoms with van der Waals surface area (Å²) in [5.74, 6) is -1.09. The van der Waals surface area contributed by atoms with Crippen LogP contribution < -0.4 is 10.6 Å². The maximum atomic E-state index is 13.2. The quantitative estimate of drug-likeness (QED) is 0.614. The molecule has 0 bridgehead atoms. The average molecular weight is 440 g/mol. The van der Waals surface area contributed by atoms with Gasteiger partial charge in [-0.1, -0.05) is 12.1 Å². The predicted octanol–water partition coefficient (Wildman–Crippen LogP) is -0.185. The van der Waals surface area contributed by atoms with E-state index in [0.29, 0.717) is 17.7 Å². The summed E-state index contributed by atoms with van der Waals surface area (Å²) < 4.78 is 0. The molecule has 1 aromatic carbocycles. The van der Waals surface area contributed by atoms with Gasteiger partial charge < -0.3 is 10.2 Å². The molecule has 32 heavy (non-hydrogen) atoms. The zero-order chi connectivity index (χ0) is 22.2. The second-order valence-electron chi connectivity index (χ2n) is 9.22. The van der Waals surface area contributed by atoms with Crippen LogP contribution in [0, 0.1) is 5.92 Å². The molecular formula is C23H29N5O4. The van der Waals surface area contributed by atoms with Gasteiger partial charge >= 0.3 is 0 Å². The van der Waals surface area contributed by atoms with Crippen LogP contribution in [0.4, 0.5) is 0 Å². The fourth-order valence-electron chi connectivity index (χ4n) is 5.32. The molecule has 0 saturated carbocycles. The molecule has 2 unspecified atom stereocenters. The minimum atomic E-state index is -0.929. The topological polar surface area (TPSA) is 102 Å². The molecule has 0 spiro atoms. The Kier molecular flexibility index (Phi) is 5.79. The van der Waals surface area contributed by atoms with Crippen LogP contribution in [0.1, 0.15) is 45.5 Å². The number of amides is 4. The number of piperidine rings is 1. The highest BCUT2D eigenvalue weighted by Crippen LogP contribution is 2.30. The van der Waals surface area contributed by atoms with E-state index in [2.05, 4.69) is 20.4 Å². The zero-order valence-electron chi connectivity index (χ0n) is 18.1. The van der Waals surface area contributed by atoms with Crippen LogP contribution >= 0.6 is 0 Å². The lowest BCUT2D eigenvalue weighted by atomic mass is 10.0. The Balaban J connectivity index is 1.26. The Bertz CT molecular complexity index is 950. The number of rotatable bonds is 5. The second-order valence-corrected chi connectivity index (χ2v) is 9.22. The van der Waals surface area contributed by atoms with Crippen molar-refractivity contribution in [3.8, 4) is 0 Å². The monoisotopic (exact) mass is 439 g/mol. The van der Waals surface area contributed by atoms with Crippen molar-refractivity contribution in [1.29, 1.82) is 0 Å². The van der Waals surface area contributed by atoms with Gasteiger partial charge in [0.1, 0.15) is 6.04 Å². The van der Waals surface area contributed by atoms with E-state index in [1.54, 1.807) is 12.1 Å². The number of carbonyl (C=O) groups is 4. The highest BCUT2D eigenvalue weighted by Gasteiger charge is 2.45. The van der Waals surface area contributed by atoms with Gasteiger partial charge in [0.15, 0.2) is 0 Å². The summed E-state index contributed by atoms with van der Waals surface area (Å²) in [5, 5.41) is 5.67. The van der Waals surface area contributed by atoms with Crippen LogP contribution in [-0.2, 0) is 16.1 Å². The van der Waals surface area contributed by atoms with Crippen LogP contribution in [0.25, 0.3) is 0 Å². The molecule has 4 aliphatic rings. The van der Waals surface area contributed by atoms with Crippen LogP contribution in [0.15, 0.2) is 18.2 Å². The predicted molar refractivity (Wildman–Crippen MR) is 116 cm³/mol. The van der Waals surface area contributed by atoms with E-state index < -0.39 is 23.8 Å². The number of hydrogen-bond acceptors (Lipinski definition) is 7. The number of piperazine rings is 1. The SMILES string of the molecule is O=C1CCC(N2C(=O)c3cccc(CN4CCN(CC5CCNC5)CC4)c3C2=O)C(=O)N1. The van der Waals surface area contributed by atoms with E-state index in [-0.39, 0.29) is 18.7 Å². The van der Waals surface area contributed by atoms with Crippen molar-refractivity contribution >= 4 is 23.6 Å². The number of nitrogens with zero attached hydrogens (tertiary/aromatic N) is 3. The van der Waals surface area contributed by atoms with Crippen molar-refractivity contribution < 1.29 is 19.2 Å². The molecule has 3 saturated heterocycles. The first-order valence-electron chi connectivity index (χ1n) is 11.5. The van der Waals surface area contributed by atoms with Crippen molar-refractivity contribution in [2.75, 3.05) is 45.8 Å². The number of carbonyl (C=O) groups excluding carboxylic acids is 4. The Hall–Kier alpha value is -2.62. The lowest BCUT2D eigenvalue weighted by molar-refractivity contribution is -0.136. The standard InChI is InChI=1S/C23H29N5O4/c29-19-5-4-18(21(30)25-19)28-22(31)17-3-1-2-16(20(17)23(28)32)14-27-10-8-26(9-11-27)13-15-6-7-24-12-15/h1-3,15,18,24H,4-14H2,(H,25,29,30). The third-order valence-electron chi connectivity index (χ3n) is 7.09. The molecule has 3 fully saturated rings. The first-order chi connectivity index (χ1) is 15.5. The van der Waals surface area contributed by atoms with Gasteiger partial charge in [-0.3, -0.25) is 34.3 Å². The van der Waals surface area contributed by atoms with E-state index in [1.165, 1.54) is 6.42 Å². The lowest BCUT2D eigenvalue weighted by Crippen LogP contribution is -2.54. The third-order valence-corrected chi connectivity index (χ3v) is 7.09. The summed E-state index contributed by atoms with van der Waals surface area (Å²) in [6.45, 7) is 7.80. The number of hydrogen-bond donors (Lipinski definition) is 2. The molecule has 170 valence electrons. The fourth-order valence-corrected chi connectivity index (χ4v) is 5.32. The Morgan fingerprint density at radius 1 is 0.938 bits per heavy atom. The van der Waals surface area contributed by atoms with Gasteiger partial charge in [0, 0.05) is 45.7 Å². The smallest absolute Gasteiger partial charge is 0.262 e. The minimum Gasteiger partial charge on any atom is -0.316 e. The van der Waals surface area contributed by atoms with Gasteiger partial charge in [-0.25, -0.2) is 0 Å². The summed E-state index contributed by atoms with van der Waals surface area (Å²) in [4.78, 5) is 55.9. The van der Waals surface area contributed by atoms with Crippen LogP contribution in [0.2, 0.25) is 0 Å². The normalized spacial score (nSPS) is 27.2. The van der Waals surface area contributed by atoms with Gasteiger partial charge in [-0.05, 0) is 43.5 Å². The molecule has 0 aromatic heterocycles. The zero-order valence-corrected chi connectivity index (χ0v) is 18.1. The number of imide groups is 2. The molecule has 5 rings (SSSR count). The minimum absolute atomic E-state index is 0.123. The molecule has 4 amide bonds. The fraction of sp³-hybridized carbons (Fsp3) is 0.565. The molecule has 1 aromatic rings. The Morgan fingerprint density at radius 2 is 1.72 bits per heavy atom. The van der Waals surface area contributed by atoms with E-state index in [4.69, 9.17) is 0 Å². The summed E-state index contributed by atoms with van der Waals surface area (Å²) in [6.07, 6.45) is 1.54. The second kappa shape index (κ2) is 8.73. The highest BCUT2D eigenvalue weighted by atomic mass is 16.2. The molecule has 9 nitrogen and oxygen atoms in total. The number of benzene rings is 1. The maximum absolute atomic E-state index is 13.2. The van der Waals surface area contributed by atoms with Gasteiger partial charge in [0.25, 0.3) is 11.8 Å². The molecule has 0 radical (unpaired) electrons. The van der Waals surface area contributed by atoms with Crippen molar-refractivity contribution in [2.24, 2.45) is 5.92 Å². The Morgan fingerprint density at radius 3 is 2.44 bits per heavy atom. The molecule has 9 heteroatoms. The van der Waals surface area contributed by atoms with Crippen LogP contribution in [0.3, 0.4) is 0 Å². The summed E-state index contributed by atoms with van der Waals surface area (Å²) >= 11 is 0. The lowest BCUT2D eigenvalue weighted by Gasteiger charge is -2.36. The molecule has 0 aliphatic carbocycles. The summed E-state index contributed by atoms with van der Waals surface area (Å²) in [6, 6.07) is 4.42. The van der Waals surface area contributed by atoms with Gasteiger partial charge in [0.05, 0.1) is 11.1 Å². The van der Waals surface area contributed by atoms with E-state index >= 15 is 0 Å². The average Bonchev–Trinajstić information content (AvgIpc) is 3.37. The Labute approximate surface area is 187 Å². The van der Waals surface area contributed by atoms with E-state index in [1.807, 2.05) is 6.07 Å². The van der Waals surface area contributed by atoms with Crippen LogP contribution in [0.5, 0.6) is 0 Å². The molecular weight excluding hydrogens is 410 g/mol. The maximum Gasteiger partial charge on any atom is 0.262 e. The highest BCUT2D eigenvalue weighted by molar-refractivity contribution is 6.24. The van der Waals surface area contributed by atoms with Crippen molar-refractivity contribution in [1.82, 2.24) is 25.3 Å². The van der Waals surface area contributed by atoms with E-state index in [9.17, 15) is 19.2 Å². The summed E-state index contributed by atoms with van der Waals surface area (Å²) in [7, 11) is 0. The largest absolute Gasteiger partial charge is 0.316 e. The van der Waals surface area contributed by atoms with Crippen LogP contribution in [-0.4, -0.2) is 90.2 Å². The van der Waals surface area contributed by atoms with E-state index in [0.717, 1.165) is 62.2 Å². The molecule has 2 atom stereocenters. The molecule has 2 N–H and O–H groups in total. The summed E-state index contributed by atoms with van der Waals surface area (Å²) in [5.41, 5.74) is 1.58. The number of fused-ring (bicyclic) bond motifs is 1. The van der Waals surface area contributed by atoms with Crippen molar-refractivity contribution in [3.05, 3.63) is 34.9 Å². The first-order valence-corrected chi connectivity index (χ1v) is 11.5. The van der Waals surface area contributed by atoms with Gasteiger partial charge in [0.2, 0.25) is 11.8 Å². The van der Waals surface area contributed by atoms with Gasteiger partial charge in [-0.2, -0.15) is 0 Å².